The second-order valence-corrected chi connectivity index (χ2v) is 4.26. The van der Waals surface area contributed by atoms with Crippen LogP contribution in [-0.2, 0) is 13.0 Å². The number of nitrogens with two attached hydrogens (primary N) is 1. The largest absolute Gasteiger partial charge is 0.322 e. The van der Waals surface area contributed by atoms with Crippen molar-refractivity contribution in [3.05, 3.63) is 72.8 Å². The van der Waals surface area contributed by atoms with Crippen molar-refractivity contribution in [1.29, 1.82) is 0 Å². The second-order valence-electron chi connectivity index (χ2n) is 4.26. The third kappa shape index (κ3) is 3.25. The van der Waals surface area contributed by atoms with Crippen LogP contribution in [0.15, 0.2) is 61.6 Å². The number of pyridine rings is 2. The molecule has 0 aliphatic rings. The molecule has 18 heavy (non-hydrogen) atoms. The Morgan fingerprint density at radius 1 is 1.28 bits per heavy atom. The van der Waals surface area contributed by atoms with E-state index in [0.717, 1.165) is 18.7 Å². The molecule has 0 aromatic carbocycles. The van der Waals surface area contributed by atoms with Crippen LogP contribution >= 0.6 is 0 Å². The number of hydrogen-bond donors (Lipinski definition) is 1. The molecular formula is C15H18N3+. The lowest BCUT2D eigenvalue weighted by molar-refractivity contribution is -0.687. The van der Waals surface area contributed by atoms with E-state index in [2.05, 4.69) is 28.3 Å². The summed E-state index contributed by atoms with van der Waals surface area (Å²) >= 11 is 0. The van der Waals surface area contributed by atoms with E-state index in [1.807, 2.05) is 36.7 Å². The Labute approximate surface area is 108 Å². The van der Waals surface area contributed by atoms with Gasteiger partial charge >= 0.3 is 0 Å². The fourth-order valence-electron chi connectivity index (χ4n) is 1.85. The summed E-state index contributed by atoms with van der Waals surface area (Å²) in [5.74, 6) is 0. The Morgan fingerprint density at radius 2 is 2.06 bits per heavy atom. The minimum absolute atomic E-state index is 0.0542. The summed E-state index contributed by atoms with van der Waals surface area (Å²) in [5.41, 5.74) is 8.29. The van der Waals surface area contributed by atoms with Gasteiger partial charge in [0.15, 0.2) is 18.9 Å². The molecule has 1 unspecified atom stereocenters. The molecule has 2 aromatic heterocycles. The lowest BCUT2D eigenvalue weighted by Crippen LogP contribution is -2.31. The van der Waals surface area contributed by atoms with Crippen molar-refractivity contribution in [2.45, 2.75) is 19.0 Å². The molecule has 0 saturated carbocycles. The van der Waals surface area contributed by atoms with Gasteiger partial charge in [-0.15, -0.1) is 0 Å². The predicted molar refractivity (Wildman–Crippen MR) is 71.7 cm³/mol. The van der Waals surface area contributed by atoms with Gasteiger partial charge in [0.1, 0.15) is 0 Å². The van der Waals surface area contributed by atoms with Crippen molar-refractivity contribution in [3.63, 3.8) is 0 Å². The summed E-state index contributed by atoms with van der Waals surface area (Å²) in [4.78, 5) is 4.28. The van der Waals surface area contributed by atoms with E-state index in [4.69, 9.17) is 5.73 Å². The maximum atomic E-state index is 6.14. The van der Waals surface area contributed by atoms with E-state index >= 15 is 0 Å². The maximum absolute atomic E-state index is 6.14. The number of aromatic nitrogens is 2. The van der Waals surface area contributed by atoms with E-state index in [-0.39, 0.29) is 6.04 Å². The topological polar surface area (TPSA) is 42.8 Å². The first kappa shape index (κ1) is 12.5. The summed E-state index contributed by atoms with van der Waals surface area (Å²) < 4.78 is 2.07. The Hall–Kier alpha value is -2.00. The maximum Gasteiger partial charge on any atom is 0.169 e. The fraction of sp³-hybridized carbons (Fsp3) is 0.200. The first-order chi connectivity index (χ1) is 8.79. The SMILES string of the molecule is C=CC[n+]1ccc(CC(N)c2ccccn2)cc1. The van der Waals surface area contributed by atoms with Crippen LogP contribution in [0.2, 0.25) is 0 Å². The van der Waals surface area contributed by atoms with Gasteiger partial charge in [0.25, 0.3) is 0 Å². The van der Waals surface area contributed by atoms with Crippen molar-refractivity contribution in [1.82, 2.24) is 4.98 Å². The Kier molecular flexibility index (Phi) is 4.20. The van der Waals surface area contributed by atoms with E-state index in [1.54, 1.807) is 6.20 Å². The molecule has 2 heterocycles. The van der Waals surface area contributed by atoms with Crippen LogP contribution in [0, 0.1) is 0 Å². The number of rotatable bonds is 5. The summed E-state index contributed by atoms with van der Waals surface area (Å²) in [7, 11) is 0. The minimum Gasteiger partial charge on any atom is -0.322 e. The molecular weight excluding hydrogens is 222 g/mol. The van der Waals surface area contributed by atoms with E-state index in [1.165, 1.54) is 5.56 Å². The quantitative estimate of drug-likeness (QED) is 0.639. The van der Waals surface area contributed by atoms with E-state index in [9.17, 15) is 0 Å². The molecule has 3 nitrogen and oxygen atoms in total. The lowest BCUT2D eigenvalue weighted by Gasteiger charge is -2.10. The zero-order valence-corrected chi connectivity index (χ0v) is 10.4. The molecule has 0 aliphatic heterocycles. The zero-order chi connectivity index (χ0) is 12.8. The molecule has 2 rings (SSSR count). The molecule has 0 saturated heterocycles. The van der Waals surface area contributed by atoms with Gasteiger partial charge in [0.2, 0.25) is 0 Å². The second kappa shape index (κ2) is 6.07. The Bertz CT molecular complexity index is 491. The van der Waals surface area contributed by atoms with Gasteiger partial charge in [0.05, 0.1) is 11.7 Å². The van der Waals surface area contributed by atoms with Crippen molar-refractivity contribution in [3.8, 4) is 0 Å². The van der Waals surface area contributed by atoms with Gasteiger partial charge < -0.3 is 5.73 Å². The molecule has 1 atom stereocenters. The highest BCUT2D eigenvalue weighted by Crippen LogP contribution is 2.12. The standard InChI is InChI=1S/C15H18N3/c1-2-9-18-10-6-13(7-11-18)12-14(16)15-5-3-4-8-17-15/h2-8,10-11,14H,1,9,12,16H2/q+1. The minimum atomic E-state index is -0.0542. The summed E-state index contributed by atoms with van der Waals surface area (Å²) in [6, 6.07) is 9.95. The highest BCUT2D eigenvalue weighted by Gasteiger charge is 2.08. The van der Waals surface area contributed by atoms with E-state index < -0.39 is 0 Å². The summed E-state index contributed by atoms with van der Waals surface area (Å²) in [5, 5.41) is 0. The van der Waals surface area contributed by atoms with Gasteiger partial charge in [-0.3, -0.25) is 4.98 Å². The molecule has 0 amide bonds. The third-order valence-corrected chi connectivity index (χ3v) is 2.82. The first-order valence-corrected chi connectivity index (χ1v) is 6.05. The van der Waals surface area contributed by atoms with Gasteiger partial charge in [-0.25, -0.2) is 4.57 Å². The van der Waals surface area contributed by atoms with Crippen molar-refractivity contribution in [2.75, 3.05) is 0 Å². The molecule has 3 heteroatoms. The van der Waals surface area contributed by atoms with Crippen LogP contribution in [0.1, 0.15) is 17.3 Å². The van der Waals surface area contributed by atoms with Crippen molar-refractivity contribution in [2.24, 2.45) is 5.73 Å². The smallest absolute Gasteiger partial charge is 0.169 e. The normalized spacial score (nSPS) is 12.1. The Balaban J connectivity index is 2.03. The van der Waals surface area contributed by atoms with Crippen LogP contribution in [0.5, 0.6) is 0 Å². The summed E-state index contributed by atoms with van der Waals surface area (Å²) in [6.45, 7) is 4.54. The van der Waals surface area contributed by atoms with Crippen LogP contribution in [0.3, 0.4) is 0 Å². The van der Waals surface area contributed by atoms with Crippen molar-refractivity contribution < 1.29 is 4.57 Å². The van der Waals surface area contributed by atoms with Crippen LogP contribution in [0.25, 0.3) is 0 Å². The molecule has 2 N–H and O–H groups in total. The molecule has 92 valence electrons. The lowest BCUT2D eigenvalue weighted by atomic mass is 10.0. The Morgan fingerprint density at radius 3 is 2.67 bits per heavy atom. The first-order valence-electron chi connectivity index (χ1n) is 6.05. The zero-order valence-electron chi connectivity index (χ0n) is 10.4. The number of hydrogen-bond acceptors (Lipinski definition) is 2. The van der Waals surface area contributed by atoms with Gasteiger partial charge in [-0.05, 0) is 30.2 Å². The van der Waals surface area contributed by atoms with Gasteiger partial charge in [-0.2, -0.15) is 0 Å². The molecule has 0 fully saturated rings. The van der Waals surface area contributed by atoms with Crippen LogP contribution in [0.4, 0.5) is 0 Å². The molecule has 0 bridgehead atoms. The van der Waals surface area contributed by atoms with Crippen molar-refractivity contribution >= 4 is 0 Å². The van der Waals surface area contributed by atoms with Crippen LogP contribution in [-0.4, -0.2) is 4.98 Å². The van der Waals surface area contributed by atoms with Gasteiger partial charge in [-0.1, -0.05) is 12.6 Å². The monoisotopic (exact) mass is 240 g/mol. The average molecular weight is 240 g/mol. The predicted octanol–water partition coefficient (Wildman–Crippen LogP) is 1.80. The van der Waals surface area contributed by atoms with Gasteiger partial charge in [0, 0.05) is 18.3 Å². The average Bonchev–Trinajstić information content (AvgIpc) is 2.42. The molecule has 0 radical (unpaired) electrons. The number of allylic oxidation sites excluding steroid dienone is 1. The van der Waals surface area contributed by atoms with Crippen LogP contribution < -0.4 is 10.3 Å². The molecule has 2 aromatic rings. The fourth-order valence-corrected chi connectivity index (χ4v) is 1.85. The molecule has 0 spiro atoms. The third-order valence-electron chi connectivity index (χ3n) is 2.82. The molecule has 0 aliphatic carbocycles. The van der Waals surface area contributed by atoms with E-state index in [0.29, 0.717) is 0 Å². The highest BCUT2D eigenvalue weighted by molar-refractivity contribution is 5.15. The summed E-state index contributed by atoms with van der Waals surface area (Å²) in [6.07, 6.45) is 8.54. The number of nitrogens with zero attached hydrogens (tertiary/aromatic N) is 2. The highest BCUT2D eigenvalue weighted by atomic mass is 14.9.